The van der Waals surface area contributed by atoms with Crippen LogP contribution in [-0.2, 0) is 11.3 Å². The molecule has 1 heterocycles. The van der Waals surface area contributed by atoms with Crippen LogP contribution in [-0.4, -0.2) is 40.6 Å². The van der Waals surface area contributed by atoms with Crippen LogP contribution in [0.15, 0.2) is 0 Å². The standard InChI is InChI=1S/C11H19N5OS/c1-16(8-4-2-3-5-8)7-9(17)13-6-10-14-15-11(12)18-10/h8H,2-7H2,1H3,(H2,12,15)(H,13,17). The van der Waals surface area contributed by atoms with Crippen molar-refractivity contribution in [3.63, 3.8) is 0 Å². The summed E-state index contributed by atoms with van der Waals surface area (Å²) >= 11 is 1.30. The third-order valence-electron chi connectivity index (χ3n) is 3.26. The molecule has 0 atom stereocenters. The fraction of sp³-hybridized carbons (Fsp3) is 0.727. The van der Waals surface area contributed by atoms with E-state index in [1.807, 2.05) is 7.05 Å². The summed E-state index contributed by atoms with van der Waals surface area (Å²) in [6, 6.07) is 0.563. The zero-order chi connectivity index (χ0) is 13.0. The van der Waals surface area contributed by atoms with E-state index in [9.17, 15) is 4.79 Å². The average Bonchev–Trinajstić information content (AvgIpc) is 2.97. The first-order chi connectivity index (χ1) is 8.65. The third kappa shape index (κ3) is 3.64. The number of nitrogen functional groups attached to an aromatic ring is 1. The van der Waals surface area contributed by atoms with Crippen molar-refractivity contribution in [2.24, 2.45) is 0 Å². The molecule has 0 saturated heterocycles. The van der Waals surface area contributed by atoms with Gasteiger partial charge in [-0.05, 0) is 19.9 Å². The molecule has 0 aliphatic heterocycles. The van der Waals surface area contributed by atoms with Crippen molar-refractivity contribution in [2.75, 3.05) is 19.3 Å². The van der Waals surface area contributed by atoms with Crippen LogP contribution in [0.3, 0.4) is 0 Å². The zero-order valence-corrected chi connectivity index (χ0v) is 11.4. The van der Waals surface area contributed by atoms with Crippen LogP contribution in [0.2, 0.25) is 0 Å². The largest absolute Gasteiger partial charge is 0.374 e. The normalized spacial score (nSPS) is 16.3. The van der Waals surface area contributed by atoms with E-state index in [0.29, 0.717) is 24.3 Å². The quantitative estimate of drug-likeness (QED) is 0.818. The Morgan fingerprint density at radius 3 is 2.83 bits per heavy atom. The van der Waals surface area contributed by atoms with Crippen molar-refractivity contribution in [1.29, 1.82) is 0 Å². The summed E-state index contributed by atoms with van der Waals surface area (Å²) in [7, 11) is 2.01. The van der Waals surface area contributed by atoms with Gasteiger partial charge in [0, 0.05) is 6.04 Å². The van der Waals surface area contributed by atoms with Crippen LogP contribution in [0.4, 0.5) is 5.13 Å². The van der Waals surface area contributed by atoms with Crippen LogP contribution in [0.1, 0.15) is 30.7 Å². The fourth-order valence-electron chi connectivity index (χ4n) is 2.27. The van der Waals surface area contributed by atoms with E-state index in [0.717, 1.165) is 5.01 Å². The maximum atomic E-state index is 11.8. The summed E-state index contributed by atoms with van der Waals surface area (Å²) in [6.07, 6.45) is 4.97. The Morgan fingerprint density at radius 1 is 1.50 bits per heavy atom. The van der Waals surface area contributed by atoms with E-state index in [2.05, 4.69) is 20.4 Å². The lowest BCUT2D eigenvalue weighted by Gasteiger charge is -2.22. The fourth-order valence-corrected chi connectivity index (χ4v) is 2.82. The molecular formula is C11H19N5OS. The Kier molecular flexibility index (Phi) is 4.48. The van der Waals surface area contributed by atoms with Gasteiger partial charge in [0.1, 0.15) is 5.01 Å². The van der Waals surface area contributed by atoms with E-state index < -0.39 is 0 Å². The van der Waals surface area contributed by atoms with Gasteiger partial charge < -0.3 is 11.1 Å². The third-order valence-corrected chi connectivity index (χ3v) is 4.01. The number of rotatable bonds is 5. The van der Waals surface area contributed by atoms with Crippen LogP contribution in [0.25, 0.3) is 0 Å². The number of aromatic nitrogens is 2. The van der Waals surface area contributed by atoms with Crippen molar-refractivity contribution in [1.82, 2.24) is 20.4 Å². The number of hydrogen-bond acceptors (Lipinski definition) is 6. The molecule has 1 aliphatic rings. The monoisotopic (exact) mass is 269 g/mol. The van der Waals surface area contributed by atoms with Gasteiger partial charge in [0.05, 0.1) is 13.1 Å². The average molecular weight is 269 g/mol. The van der Waals surface area contributed by atoms with Crippen molar-refractivity contribution < 1.29 is 4.79 Å². The summed E-state index contributed by atoms with van der Waals surface area (Å²) < 4.78 is 0. The van der Waals surface area contributed by atoms with Crippen molar-refractivity contribution >= 4 is 22.4 Å². The molecule has 0 spiro atoms. The molecule has 1 aliphatic carbocycles. The predicted octanol–water partition coefficient (Wildman–Crippen LogP) is 0.611. The van der Waals surface area contributed by atoms with E-state index in [-0.39, 0.29) is 5.91 Å². The maximum absolute atomic E-state index is 11.8. The number of amides is 1. The minimum atomic E-state index is 0.0261. The lowest BCUT2D eigenvalue weighted by atomic mass is 10.2. The minimum absolute atomic E-state index is 0.0261. The predicted molar refractivity (Wildman–Crippen MR) is 71.1 cm³/mol. The smallest absolute Gasteiger partial charge is 0.234 e. The first-order valence-corrected chi connectivity index (χ1v) is 7.01. The van der Waals surface area contributed by atoms with Crippen LogP contribution in [0, 0.1) is 0 Å². The highest BCUT2D eigenvalue weighted by Gasteiger charge is 2.21. The summed E-state index contributed by atoms with van der Waals surface area (Å²) in [6.45, 7) is 0.852. The second-order valence-electron chi connectivity index (χ2n) is 4.66. The van der Waals surface area contributed by atoms with E-state index in [4.69, 9.17) is 5.73 Å². The van der Waals surface area contributed by atoms with Crippen LogP contribution < -0.4 is 11.1 Å². The molecule has 1 amide bonds. The molecule has 6 nitrogen and oxygen atoms in total. The highest BCUT2D eigenvalue weighted by atomic mass is 32.1. The van der Waals surface area contributed by atoms with Gasteiger partial charge in [0.15, 0.2) is 0 Å². The highest BCUT2D eigenvalue weighted by molar-refractivity contribution is 7.15. The first kappa shape index (κ1) is 13.2. The lowest BCUT2D eigenvalue weighted by molar-refractivity contribution is -0.122. The molecular weight excluding hydrogens is 250 g/mol. The molecule has 1 aromatic heterocycles. The minimum Gasteiger partial charge on any atom is -0.374 e. The maximum Gasteiger partial charge on any atom is 0.234 e. The highest BCUT2D eigenvalue weighted by Crippen LogP contribution is 2.21. The lowest BCUT2D eigenvalue weighted by Crippen LogP contribution is -2.39. The topological polar surface area (TPSA) is 84.1 Å². The Balaban J connectivity index is 1.71. The molecule has 1 saturated carbocycles. The molecule has 7 heteroatoms. The molecule has 0 aromatic carbocycles. The van der Waals surface area contributed by atoms with E-state index in [1.54, 1.807) is 0 Å². The number of nitrogens with zero attached hydrogens (tertiary/aromatic N) is 3. The summed E-state index contributed by atoms with van der Waals surface area (Å²) in [5, 5.41) is 11.6. The summed E-state index contributed by atoms with van der Waals surface area (Å²) in [4.78, 5) is 13.9. The van der Waals surface area contributed by atoms with E-state index in [1.165, 1.54) is 37.0 Å². The van der Waals surface area contributed by atoms with E-state index >= 15 is 0 Å². The number of hydrogen-bond donors (Lipinski definition) is 2. The number of nitrogens with two attached hydrogens (primary N) is 1. The SMILES string of the molecule is CN(CC(=O)NCc1nnc(N)s1)C1CCCC1. The Hall–Kier alpha value is -1.21. The molecule has 2 rings (SSSR count). The van der Waals surface area contributed by atoms with Crippen molar-refractivity contribution in [3.05, 3.63) is 5.01 Å². The Labute approximate surface area is 111 Å². The van der Waals surface area contributed by atoms with Gasteiger partial charge >= 0.3 is 0 Å². The Morgan fingerprint density at radius 2 is 2.22 bits per heavy atom. The zero-order valence-electron chi connectivity index (χ0n) is 10.6. The Bertz CT molecular complexity index is 402. The van der Waals surface area contributed by atoms with Gasteiger partial charge in [-0.25, -0.2) is 0 Å². The van der Waals surface area contributed by atoms with Gasteiger partial charge in [-0.1, -0.05) is 24.2 Å². The number of nitrogens with one attached hydrogen (secondary N) is 1. The molecule has 1 fully saturated rings. The van der Waals surface area contributed by atoms with Crippen molar-refractivity contribution in [3.8, 4) is 0 Å². The van der Waals surface area contributed by atoms with Crippen LogP contribution >= 0.6 is 11.3 Å². The molecule has 3 N–H and O–H groups in total. The molecule has 0 radical (unpaired) electrons. The van der Waals surface area contributed by atoms with Crippen LogP contribution in [0.5, 0.6) is 0 Å². The summed E-state index contributed by atoms with van der Waals surface area (Å²) in [5.74, 6) is 0.0261. The molecule has 1 aromatic rings. The van der Waals surface area contributed by atoms with Gasteiger partial charge in [0.25, 0.3) is 0 Å². The molecule has 0 bridgehead atoms. The van der Waals surface area contributed by atoms with Gasteiger partial charge in [0.2, 0.25) is 11.0 Å². The number of likely N-dealkylation sites (N-methyl/N-ethyl adjacent to an activating group) is 1. The van der Waals surface area contributed by atoms with Gasteiger partial charge in [-0.2, -0.15) is 0 Å². The first-order valence-electron chi connectivity index (χ1n) is 6.20. The van der Waals surface area contributed by atoms with Gasteiger partial charge in [-0.3, -0.25) is 9.69 Å². The molecule has 0 unspecified atom stereocenters. The molecule has 100 valence electrons. The number of anilines is 1. The number of carbonyl (C=O) groups is 1. The van der Waals surface area contributed by atoms with Crippen molar-refractivity contribution in [2.45, 2.75) is 38.3 Å². The molecule has 18 heavy (non-hydrogen) atoms. The second-order valence-corrected chi connectivity index (χ2v) is 5.76. The summed E-state index contributed by atoms with van der Waals surface area (Å²) in [5.41, 5.74) is 5.47. The number of carbonyl (C=O) groups excluding carboxylic acids is 1. The van der Waals surface area contributed by atoms with Gasteiger partial charge in [-0.15, -0.1) is 10.2 Å². The second kappa shape index (κ2) is 6.10.